The molecule has 4 aromatic rings. The van der Waals surface area contributed by atoms with Gasteiger partial charge in [0, 0.05) is 11.1 Å². The molecule has 6 nitrogen and oxygen atoms in total. The molecule has 0 saturated carbocycles. The molecule has 0 N–H and O–H groups in total. The second-order valence-corrected chi connectivity index (χ2v) is 7.82. The van der Waals surface area contributed by atoms with Crippen LogP contribution in [0.15, 0.2) is 35.5 Å². The van der Waals surface area contributed by atoms with E-state index in [0.29, 0.717) is 12.5 Å². The lowest BCUT2D eigenvalue weighted by Crippen LogP contribution is -2.22. The average Bonchev–Trinajstić information content (AvgIpc) is 3.13. The van der Waals surface area contributed by atoms with Crippen molar-refractivity contribution in [3.8, 4) is 0 Å². The number of thiophene rings is 1. The first-order valence-electron chi connectivity index (χ1n) is 8.49. The molecule has 4 aromatic heterocycles. The summed E-state index contributed by atoms with van der Waals surface area (Å²) in [4.78, 5) is 23.9. The highest BCUT2D eigenvalue weighted by Gasteiger charge is 2.24. The standard InChI is InChI=1S/C18H17N5OS/c1-11-5-6-13-14(8-11)25-17-15(13)16-21-23(18(24)22(16)10-20-17)9-12-4-2-3-7-19-12/h2-4,7,10-11H,5-6,8-9H2,1H3. The quantitative estimate of drug-likeness (QED) is 0.557. The summed E-state index contributed by atoms with van der Waals surface area (Å²) >= 11 is 1.75. The molecule has 7 heteroatoms. The van der Waals surface area contributed by atoms with Crippen molar-refractivity contribution >= 4 is 27.2 Å². The fraction of sp³-hybridized carbons (Fsp3) is 0.333. The third-order valence-electron chi connectivity index (χ3n) is 4.92. The molecule has 0 aliphatic heterocycles. The van der Waals surface area contributed by atoms with E-state index in [1.54, 1.807) is 28.3 Å². The van der Waals surface area contributed by atoms with E-state index >= 15 is 0 Å². The van der Waals surface area contributed by atoms with Gasteiger partial charge >= 0.3 is 5.69 Å². The van der Waals surface area contributed by atoms with E-state index in [4.69, 9.17) is 0 Å². The molecule has 1 aliphatic rings. The van der Waals surface area contributed by atoms with Gasteiger partial charge in [0.05, 0.1) is 17.6 Å². The van der Waals surface area contributed by atoms with Gasteiger partial charge in [-0.3, -0.25) is 4.98 Å². The first-order valence-corrected chi connectivity index (χ1v) is 9.30. The van der Waals surface area contributed by atoms with Gasteiger partial charge < -0.3 is 0 Å². The van der Waals surface area contributed by atoms with Gasteiger partial charge in [-0.05, 0) is 42.9 Å². The molecule has 1 atom stereocenters. The Kier molecular flexibility index (Phi) is 3.24. The van der Waals surface area contributed by atoms with Gasteiger partial charge in [-0.15, -0.1) is 16.4 Å². The van der Waals surface area contributed by atoms with Crippen molar-refractivity contribution in [3.63, 3.8) is 0 Å². The van der Waals surface area contributed by atoms with Gasteiger partial charge in [-0.1, -0.05) is 13.0 Å². The Morgan fingerprint density at radius 3 is 3.08 bits per heavy atom. The summed E-state index contributed by atoms with van der Waals surface area (Å²) in [6.07, 6.45) is 6.65. The van der Waals surface area contributed by atoms with Crippen LogP contribution in [0.1, 0.15) is 29.5 Å². The molecule has 25 heavy (non-hydrogen) atoms. The summed E-state index contributed by atoms with van der Waals surface area (Å²) in [6.45, 7) is 2.66. The maximum Gasteiger partial charge on any atom is 0.351 e. The first kappa shape index (κ1) is 14.8. The van der Waals surface area contributed by atoms with Crippen LogP contribution in [0.2, 0.25) is 0 Å². The van der Waals surface area contributed by atoms with Crippen LogP contribution in [0, 0.1) is 5.92 Å². The van der Waals surface area contributed by atoms with E-state index in [2.05, 4.69) is 22.0 Å². The molecule has 0 spiro atoms. The number of fused-ring (bicyclic) bond motifs is 5. The van der Waals surface area contributed by atoms with Crippen molar-refractivity contribution in [3.05, 3.63) is 57.3 Å². The fourth-order valence-corrected chi connectivity index (χ4v) is 4.96. The Morgan fingerprint density at radius 1 is 1.32 bits per heavy atom. The maximum atomic E-state index is 12.7. The highest BCUT2D eigenvalue weighted by molar-refractivity contribution is 7.19. The van der Waals surface area contributed by atoms with E-state index in [0.717, 1.165) is 34.4 Å². The zero-order valence-electron chi connectivity index (χ0n) is 13.8. The zero-order chi connectivity index (χ0) is 17.0. The van der Waals surface area contributed by atoms with E-state index < -0.39 is 0 Å². The Morgan fingerprint density at radius 2 is 2.24 bits per heavy atom. The average molecular weight is 351 g/mol. The molecule has 0 radical (unpaired) electrons. The number of hydrogen-bond donors (Lipinski definition) is 0. The van der Waals surface area contributed by atoms with Gasteiger partial charge in [0.1, 0.15) is 11.2 Å². The summed E-state index contributed by atoms with van der Waals surface area (Å²) in [7, 11) is 0. The molecule has 0 amide bonds. The van der Waals surface area contributed by atoms with E-state index in [-0.39, 0.29) is 5.69 Å². The lowest BCUT2D eigenvalue weighted by atomic mass is 9.89. The largest absolute Gasteiger partial charge is 0.351 e. The monoisotopic (exact) mass is 351 g/mol. The molecule has 1 unspecified atom stereocenters. The van der Waals surface area contributed by atoms with Crippen molar-refractivity contribution < 1.29 is 0 Å². The highest BCUT2D eigenvalue weighted by atomic mass is 32.1. The van der Waals surface area contributed by atoms with Gasteiger partial charge in [0.2, 0.25) is 0 Å². The predicted molar refractivity (Wildman–Crippen MR) is 97.2 cm³/mol. The number of hydrogen-bond acceptors (Lipinski definition) is 5. The van der Waals surface area contributed by atoms with Crippen molar-refractivity contribution in [2.24, 2.45) is 5.92 Å². The SMILES string of the molecule is CC1CCc2c(sc3ncn4c(=O)n(Cc5ccccn5)nc4c23)C1. The molecule has 0 aromatic carbocycles. The minimum absolute atomic E-state index is 0.167. The van der Waals surface area contributed by atoms with Crippen LogP contribution in [-0.2, 0) is 19.4 Å². The highest BCUT2D eigenvalue weighted by Crippen LogP contribution is 2.38. The van der Waals surface area contributed by atoms with Crippen LogP contribution in [0.3, 0.4) is 0 Å². The number of rotatable bonds is 2. The van der Waals surface area contributed by atoms with Crippen LogP contribution in [0.5, 0.6) is 0 Å². The molecule has 4 heterocycles. The van der Waals surface area contributed by atoms with Crippen molar-refractivity contribution in [1.29, 1.82) is 0 Å². The number of pyridine rings is 1. The minimum Gasteiger partial charge on any atom is -0.259 e. The Bertz CT molecular complexity index is 1140. The van der Waals surface area contributed by atoms with Gasteiger partial charge in [-0.25, -0.2) is 18.9 Å². The molecule has 1 aliphatic carbocycles. The van der Waals surface area contributed by atoms with Crippen molar-refractivity contribution in [2.45, 2.75) is 32.7 Å². The molecule has 126 valence electrons. The number of aromatic nitrogens is 5. The molecule has 5 rings (SSSR count). The number of aryl methyl sites for hydroxylation is 1. The summed E-state index contributed by atoms with van der Waals surface area (Å²) in [5.41, 5.74) is 2.71. The van der Waals surface area contributed by atoms with Crippen LogP contribution >= 0.6 is 11.3 Å². The van der Waals surface area contributed by atoms with Crippen LogP contribution in [0.4, 0.5) is 0 Å². The minimum atomic E-state index is -0.167. The van der Waals surface area contributed by atoms with E-state index in [9.17, 15) is 4.79 Å². The third kappa shape index (κ3) is 2.30. The Labute approximate surface area is 147 Å². The molecular formula is C18H17N5OS. The first-order chi connectivity index (χ1) is 12.2. The summed E-state index contributed by atoms with van der Waals surface area (Å²) in [6, 6.07) is 5.68. The van der Waals surface area contributed by atoms with Gasteiger partial charge in [0.15, 0.2) is 5.65 Å². The molecule has 0 bridgehead atoms. The van der Waals surface area contributed by atoms with Gasteiger partial charge in [-0.2, -0.15) is 0 Å². The lowest BCUT2D eigenvalue weighted by molar-refractivity contribution is 0.509. The second-order valence-electron chi connectivity index (χ2n) is 6.73. The smallest absolute Gasteiger partial charge is 0.259 e. The van der Waals surface area contributed by atoms with Crippen LogP contribution < -0.4 is 5.69 Å². The predicted octanol–water partition coefficient (Wildman–Crippen LogP) is 2.67. The van der Waals surface area contributed by atoms with Crippen LogP contribution in [0.25, 0.3) is 15.9 Å². The Balaban J connectivity index is 1.71. The Hall–Kier alpha value is -2.54. The van der Waals surface area contributed by atoms with Crippen LogP contribution in [-0.4, -0.2) is 24.1 Å². The molecule has 0 saturated heterocycles. The maximum absolute atomic E-state index is 12.7. The normalized spacial score (nSPS) is 17.2. The summed E-state index contributed by atoms with van der Waals surface area (Å²) < 4.78 is 3.05. The second kappa shape index (κ2) is 5.49. The summed E-state index contributed by atoms with van der Waals surface area (Å²) in [5.74, 6) is 0.709. The van der Waals surface area contributed by atoms with Crippen molar-refractivity contribution in [2.75, 3.05) is 0 Å². The molecular weight excluding hydrogens is 334 g/mol. The zero-order valence-corrected chi connectivity index (χ0v) is 14.7. The lowest BCUT2D eigenvalue weighted by Gasteiger charge is -2.17. The topological polar surface area (TPSA) is 65.1 Å². The van der Waals surface area contributed by atoms with Crippen molar-refractivity contribution in [1.82, 2.24) is 24.1 Å². The summed E-state index contributed by atoms with van der Waals surface area (Å²) in [5, 5.41) is 5.69. The fourth-order valence-electron chi connectivity index (χ4n) is 3.61. The number of nitrogens with zero attached hydrogens (tertiary/aromatic N) is 5. The van der Waals surface area contributed by atoms with E-state index in [1.807, 2.05) is 18.2 Å². The van der Waals surface area contributed by atoms with E-state index in [1.165, 1.54) is 21.5 Å². The van der Waals surface area contributed by atoms with Gasteiger partial charge in [0.25, 0.3) is 0 Å². The molecule has 0 fully saturated rings. The third-order valence-corrected chi connectivity index (χ3v) is 6.08.